The number of carbonyl (C=O) groups excluding carboxylic acids is 2. The van der Waals surface area contributed by atoms with Crippen LogP contribution in [0.4, 0.5) is 0 Å². The van der Waals surface area contributed by atoms with Crippen molar-refractivity contribution in [2.45, 2.75) is 140 Å². The van der Waals surface area contributed by atoms with Crippen LogP contribution in [-0.4, -0.2) is 71.0 Å². The van der Waals surface area contributed by atoms with E-state index in [1.54, 1.807) is 6.08 Å². The monoisotopic (exact) mass is 650 g/mol. The van der Waals surface area contributed by atoms with E-state index in [2.05, 4.69) is 26.0 Å². The summed E-state index contributed by atoms with van der Waals surface area (Å²) in [5.41, 5.74) is -0.370. The first-order chi connectivity index (χ1) is 22.3. The second-order valence-electron chi connectivity index (χ2n) is 16.3. The number of cyclic esters (lactones) is 1. The van der Waals surface area contributed by atoms with Crippen LogP contribution in [0.1, 0.15) is 96.1 Å². The van der Waals surface area contributed by atoms with Crippen LogP contribution < -0.4 is 0 Å². The number of esters is 1. The first kappa shape index (κ1) is 32.1. The Morgan fingerprint density at radius 2 is 1.72 bits per heavy atom. The molecule has 3 aliphatic heterocycles. The van der Waals surface area contributed by atoms with E-state index < -0.39 is 34.1 Å². The van der Waals surface area contributed by atoms with E-state index in [9.17, 15) is 19.8 Å². The Balaban J connectivity index is 0.963. The molecule has 4 aliphatic carbocycles. The van der Waals surface area contributed by atoms with Gasteiger partial charge in [0.1, 0.15) is 19.0 Å². The second kappa shape index (κ2) is 10.9. The molecule has 1 aromatic rings. The van der Waals surface area contributed by atoms with Gasteiger partial charge in [0.2, 0.25) is 0 Å². The zero-order valence-electron chi connectivity index (χ0n) is 28.1. The third kappa shape index (κ3) is 4.63. The minimum Gasteiger partial charge on any atom is -0.458 e. The minimum atomic E-state index is -1.21. The molecule has 4 saturated carbocycles. The zero-order chi connectivity index (χ0) is 33.0. The lowest BCUT2D eigenvalue weighted by atomic mass is 9.41. The van der Waals surface area contributed by atoms with Gasteiger partial charge in [0.05, 0.1) is 34.9 Å². The van der Waals surface area contributed by atoms with E-state index in [-0.39, 0.29) is 48.1 Å². The maximum atomic E-state index is 13.2. The van der Waals surface area contributed by atoms with Crippen molar-refractivity contribution in [2.24, 2.45) is 28.6 Å². The molecule has 0 spiro atoms. The van der Waals surface area contributed by atoms with E-state index in [1.807, 2.05) is 26.0 Å². The number of hydrogen-bond donors (Lipinski definition) is 2. The van der Waals surface area contributed by atoms with E-state index in [0.29, 0.717) is 51.6 Å². The fourth-order valence-corrected chi connectivity index (χ4v) is 11.6. The topological polar surface area (TPSA) is 121 Å². The van der Waals surface area contributed by atoms with Crippen LogP contribution in [0.25, 0.3) is 0 Å². The lowest BCUT2D eigenvalue weighted by Gasteiger charge is -2.65. The van der Waals surface area contributed by atoms with Crippen molar-refractivity contribution < 1.29 is 43.5 Å². The Morgan fingerprint density at radius 1 is 0.957 bits per heavy atom. The molecule has 2 N–H and O–H groups in total. The summed E-state index contributed by atoms with van der Waals surface area (Å²) in [6.07, 6.45) is 7.31. The van der Waals surface area contributed by atoms with Gasteiger partial charge in [-0.1, -0.05) is 36.8 Å². The van der Waals surface area contributed by atoms with Gasteiger partial charge in [0, 0.05) is 29.9 Å². The summed E-state index contributed by atoms with van der Waals surface area (Å²) >= 11 is 0. The van der Waals surface area contributed by atoms with Gasteiger partial charge < -0.3 is 38.7 Å². The smallest absolute Gasteiger partial charge is 0.331 e. The maximum absolute atomic E-state index is 13.2. The quantitative estimate of drug-likeness (QED) is 0.257. The molecule has 0 radical (unpaired) electrons. The predicted molar refractivity (Wildman–Crippen MR) is 170 cm³/mol. The van der Waals surface area contributed by atoms with Gasteiger partial charge in [0.15, 0.2) is 12.1 Å². The first-order valence-corrected chi connectivity index (χ1v) is 17.9. The molecule has 256 valence electrons. The van der Waals surface area contributed by atoms with Crippen molar-refractivity contribution in [1.29, 1.82) is 0 Å². The Labute approximate surface area is 277 Å². The van der Waals surface area contributed by atoms with Crippen LogP contribution in [0.3, 0.4) is 0 Å². The lowest BCUT2D eigenvalue weighted by molar-refractivity contribution is -0.278. The molecule has 47 heavy (non-hydrogen) atoms. The molecule has 13 unspecified atom stereocenters. The number of carbonyl (C=O) groups is 2. The zero-order valence-corrected chi connectivity index (χ0v) is 28.1. The van der Waals surface area contributed by atoms with E-state index in [4.69, 9.17) is 23.7 Å². The van der Waals surface area contributed by atoms with Crippen LogP contribution in [0.5, 0.6) is 0 Å². The Bertz CT molecular complexity index is 1460. The Hall–Kier alpha value is -2.14. The van der Waals surface area contributed by atoms with Crippen LogP contribution >= 0.6 is 0 Å². The van der Waals surface area contributed by atoms with Crippen LogP contribution in [-0.2, 0) is 39.1 Å². The molecule has 0 aromatic heterocycles. The van der Waals surface area contributed by atoms with Crippen LogP contribution in [0.15, 0.2) is 35.9 Å². The summed E-state index contributed by atoms with van der Waals surface area (Å²) in [5, 5.41) is 24.9. The average molecular weight is 651 g/mol. The number of fused-ring (bicyclic) bond motifs is 6. The second-order valence-corrected chi connectivity index (χ2v) is 16.3. The van der Waals surface area contributed by atoms with Gasteiger partial charge in [-0.3, -0.25) is 0 Å². The summed E-state index contributed by atoms with van der Waals surface area (Å²) in [6.45, 7) is 8.48. The average Bonchev–Trinajstić information content (AvgIpc) is 3.70. The molecule has 7 aliphatic rings. The normalized spacial score (nSPS) is 50.5. The van der Waals surface area contributed by atoms with Crippen molar-refractivity contribution in [3.63, 3.8) is 0 Å². The molecule has 0 amide bonds. The summed E-state index contributed by atoms with van der Waals surface area (Å²) in [7, 11) is 0. The fraction of sp³-hybridized carbons (Fsp3) is 0.737. The summed E-state index contributed by atoms with van der Waals surface area (Å²) in [4.78, 5) is 25.1. The number of hydrogen-bond acceptors (Lipinski definition) is 9. The largest absolute Gasteiger partial charge is 0.458 e. The highest BCUT2D eigenvalue weighted by Crippen LogP contribution is 2.70. The molecule has 6 fully saturated rings. The van der Waals surface area contributed by atoms with Crippen molar-refractivity contribution in [3.8, 4) is 0 Å². The molecule has 2 saturated heterocycles. The highest BCUT2D eigenvalue weighted by atomic mass is 16.8. The fourth-order valence-electron chi connectivity index (χ4n) is 11.6. The van der Waals surface area contributed by atoms with Crippen molar-refractivity contribution in [3.05, 3.63) is 47.0 Å². The molecule has 8 rings (SSSR count). The Morgan fingerprint density at radius 3 is 2.45 bits per heavy atom. The molecular weight excluding hydrogens is 600 g/mol. The van der Waals surface area contributed by atoms with E-state index in [0.717, 1.165) is 36.7 Å². The number of benzene rings is 1. The van der Waals surface area contributed by atoms with Crippen molar-refractivity contribution in [2.75, 3.05) is 6.61 Å². The SMILES string of the molecule is Cc1ccc(C2(C)OC3CC(OC4CCC5(C=O)C6CCC7(C)C(C8=CC(=O)OC8)CCC7(O)C6CCC5(O)C4)OC(C)C3O2)cc1. The summed E-state index contributed by atoms with van der Waals surface area (Å²) < 4.78 is 31.2. The highest BCUT2D eigenvalue weighted by molar-refractivity contribution is 5.85. The van der Waals surface area contributed by atoms with Gasteiger partial charge >= 0.3 is 5.97 Å². The number of ether oxygens (including phenoxy) is 5. The van der Waals surface area contributed by atoms with Gasteiger partial charge in [0.25, 0.3) is 0 Å². The van der Waals surface area contributed by atoms with Gasteiger partial charge in [-0.15, -0.1) is 0 Å². The molecule has 1 aromatic carbocycles. The summed E-state index contributed by atoms with van der Waals surface area (Å²) in [6, 6.07) is 8.21. The molecule has 9 heteroatoms. The van der Waals surface area contributed by atoms with Gasteiger partial charge in [-0.2, -0.15) is 0 Å². The van der Waals surface area contributed by atoms with Gasteiger partial charge in [-0.05, 0) is 95.5 Å². The Kier molecular flexibility index (Phi) is 7.46. The van der Waals surface area contributed by atoms with E-state index in [1.165, 1.54) is 5.56 Å². The van der Waals surface area contributed by atoms with Crippen molar-refractivity contribution in [1.82, 2.24) is 0 Å². The third-order valence-corrected chi connectivity index (χ3v) is 14.1. The summed E-state index contributed by atoms with van der Waals surface area (Å²) in [5.74, 6) is -1.28. The molecule has 3 heterocycles. The first-order valence-electron chi connectivity index (χ1n) is 17.9. The number of aryl methyl sites for hydroxylation is 1. The third-order valence-electron chi connectivity index (χ3n) is 14.1. The lowest BCUT2D eigenvalue weighted by Crippen LogP contribution is -2.69. The van der Waals surface area contributed by atoms with Crippen LogP contribution in [0, 0.1) is 35.5 Å². The standard InChI is InChI=1S/C38H50O9/c1-22-5-7-25(8-6-22)35(4)46-30-18-32(44-23(2)33(30)47-35)45-26-9-14-36(21-39)28-10-13-34(3)27(24-17-31(40)43-20-24)12-16-38(34,42)29(28)11-15-37(36,41)19-26/h5-8,17,21,23,26-30,32-33,41-42H,9-16,18-20H2,1-4H3. The molecule has 13 atom stereocenters. The minimum absolute atomic E-state index is 0.0820. The maximum Gasteiger partial charge on any atom is 0.331 e. The predicted octanol–water partition coefficient (Wildman–Crippen LogP) is 5.02. The van der Waals surface area contributed by atoms with Gasteiger partial charge in [-0.25, -0.2) is 4.79 Å². The number of aldehydes is 1. The number of rotatable bonds is 5. The van der Waals surface area contributed by atoms with Crippen molar-refractivity contribution >= 4 is 12.3 Å². The van der Waals surface area contributed by atoms with E-state index >= 15 is 0 Å². The molecule has 0 bridgehead atoms. The highest BCUT2D eigenvalue weighted by Gasteiger charge is 2.71. The van der Waals surface area contributed by atoms with Crippen LogP contribution in [0.2, 0.25) is 0 Å². The number of aliphatic hydroxyl groups is 2. The molecular formula is C38H50O9. The molecule has 9 nitrogen and oxygen atoms in total.